The van der Waals surface area contributed by atoms with Crippen molar-refractivity contribution in [1.82, 2.24) is 0 Å². The van der Waals surface area contributed by atoms with Gasteiger partial charge in [-0.3, -0.25) is 0 Å². The summed E-state index contributed by atoms with van der Waals surface area (Å²) in [4.78, 5) is 0. The van der Waals surface area contributed by atoms with Gasteiger partial charge in [0.25, 0.3) is 0 Å². The van der Waals surface area contributed by atoms with Crippen LogP contribution in [0.5, 0.6) is 0 Å². The maximum Gasteiger partial charge on any atom is 0.101 e. The van der Waals surface area contributed by atoms with Crippen LogP contribution in [0.25, 0.3) is 0 Å². The maximum absolute atomic E-state index is 9.41. The highest BCUT2D eigenvalue weighted by Crippen LogP contribution is 2.24. The second kappa shape index (κ2) is 3.17. The average Bonchev–Trinajstić information content (AvgIpc) is 1.95. The first-order valence-electron chi connectivity index (χ1n) is 3.64. The highest BCUT2D eigenvalue weighted by Gasteiger charge is 2.24. The molecule has 0 saturated heterocycles. The van der Waals surface area contributed by atoms with Gasteiger partial charge in [0.1, 0.15) is 6.10 Å². The topological polar surface area (TPSA) is 29.5 Å². The first-order chi connectivity index (χ1) is 4.75. The summed E-state index contributed by atoms with van der Waals surface area (Å²) >= 11 is 0. The molecule has 1 aliphatic rings. The number of aliphatic hydroxyl groups excluding tert-OH is 1. The molecular formula is C8H14O2. The minimum atomic E-state index is -0.432. The van der Waals surface area contributed by atoms with Crippen LogP contribution in [-0.4, -0.2) is 24.4 Å². The fraction of sp³-hybridized carbons (Fsp3) is 0.750. The zero-order valence-corrected chi connectivity index (χ0v) is 6.34. The summed E-state index contributed by atoms with van der Waals surface area (Å²) < 4.78 is 5.06. The summed E-state index contributed by atoms with van der Waals surface area (Å²) in [6, 6.07) is 0. The van der Waals surface area contributed by atoms with E-state index in [4.69, 9.17) is 4.74 Å². The van der Waals surface area contributed by atoms with Crippen molar-refractivity contribution in [1.29, 1.82) is 0 Å². The first-order valence-corrected chi connectivity index (χ1v) is 3.64. The Kier molecular flexibility index (Phi) is 2.46. The molecule has 1 rings (SSSR count). The van der Waals surface area contributed by atoms with Crippen LogP contribution in [0, 0.1) is 0 Å². The standard InChI is InChI=1S/C8H14O2/c1-6-4-3-5-7(10-2)8(6)9/h7-9H,1,3-5H2,2H3. The van der Waals surface area contributed by atoms with Gasteiger partial charge in [0.05, 0.1) is 6.10 Å². The van der Waals surface area contributed by atoms with E-state index in [1.807, 2.05) is 0 Å². The number of methoxy groups -OCH3 is 1. The van der Waals surface area contributed by atoms with Crippen LogP contribution in [0.1, 0.15) is 19.3 Å². The second-order valence-electron chi connectivity index (χ2n) is 2.77. The van der Waals surface area contributed by atoms with Gasteiger partial charge in [0.2, 0.25) is 0 Å². The number of aliphatic hydroxyl groups is 1. The van der Waals surface area contributed by atoms with Crippen LogP contribution in [-0.2, 0) is 4.74 Å². The van der Waals surface area contributed by atoms with E-state index in [2.05, 4.69) is 6.58 Å². The smallest absolute Gasteiger partial charge is 0.101 e. The summed E-state index contributed by atoms with van der Waals surface area (Å²) in [6.07, 6.45) is 2.55. The molecule has 1 saturated carbocycles. The second-order valence-corrected chi connectivity index (χ2v) is 2.77. The lowest BCUT2D eigenvalue weighted by Gasteiger charge is -2.27. The minimum Gasteiger partial charge on any atom is -0.386 e. The van der Waals surface area contributed by atoms with Gasteiger partial charge in [-0.1, -0.05) is 6.58 Å². The third-order valence-electron chi connectivity index (χ3n) is 2.06. The highest BCUT2D eigenvalue weighted by atomic mass is 16.5. The van der Waals surface area contributed by atoms with E-state index in [1.165, 1.54) is 0 Å². The summed E-state index contributed by atoms with van der Waals surface area (Å²) in [5, 5.41) is 9.41. The van der Waals surface area contributed by atoms with Crippen molar-refractivity contribution < 1.29 is 9.84 Å². The van der Waals surface area contributed by atoms with E-state index < -0.39 is 6.10 Å². The van der Waals surface area contributed by atoms with Crippen LogP contribution in [0.2, 0.25) is 0 Å². The van der Waals surface area contributed by atoms with Crippen LogP contribution < -0.4 is 0 Å². The summed E-state index contributed by atoms with van der Waals surface area (Å²) in [5.41, 5.74) is 0.915. The van der Waals surface area contributed by atoms with E-state index in [9.17, 15) is 5.11 Å². The lowest BCUT2D eigenvalue weighted by molar-refractivity contribution is -0.0104. The Morgan fingerprint density at radius 3 is 2.90 bits per heavy atom. The lowest BCUT2D eigenvalue weighted by Crippen LogP contribution is -2.32. The molecule has 0 amide bonds. The molecule has 0 aromatic heterocycles. The molecule has 0 radical (unpaired) electrons. The van der Waals surface area contributed by atoms with Crippen molar-refractivity contribution in [2.45, 2.75) is 31.5 Å². The monoisotopic (exact) mass is 142 g/mol. The maximum atomic E-state index is 9.41. The molecule has 2 unspecified atom stereocenters. The van der Waals surface area contributed by atoms with Gasteiger partial charge in [0.15, 0.2) is 0 Å². The Morgan fingerprint density at radius 2 is 2.40 bits per heavy atom. The third kappa shape index (κ3) is 1.39. The molecule has 1 N–H and O–H groups in total. The fourth-order valence-electron chi connectivity index (χ4n) is 1.35. The predicted molar refractivity (Wildman–Crippen MR) is 39.8 cm³/mol. The number of rotatable bonds is 1. The molecule has 0 aliphatic heterocycles. The summed E-state index contributed by atoms with van der Waals surface area (Å²) in [5.74, 6) is 0. The fourth-order valence-corrected chi connectivity index (χ4v) is 1.35. The normalized spacial score (nSPS) is 34.4. The van der Waals surface area contributed by atoms with Crippen LogP contribution >= 0.6 is 0 Å². The van der Waals surface area contributed by atoms with Gasteiger partial charge >= 0.3 is 0 Å². The zero-order valence-electron chi connectivity index (χ0n) is 6.34. The van der Waals surface area contributed by atoms with Crippen molar-refractivity contribution in [3.8, 4) is 0 Å². The Hall–Kier alpha value is -0.340. The molecule has 0 heterocycles. The number of hydrogen-bond donors (Lipinski definition) is 1. The molecule has 0 aromatic carbocycles. The van der Waals surface area contributed by atoms with E-state index in [0.717, 1.165) is 24.8 Å². The van der Waals surface area contributed by atoms with E-state index in [0.29, 0.717) is 0 Å². The van der Waals surface area contributed by atoms with Gasteiger partial charge in [-0.25, -0.2) is 0 Å². The van der Waals surface area contributed by atoms with Crippen molar-refractivity contribution in [2.24, 2.45) is 0 Å². The SMILES string of the molecule is C=C1CCCC(OC)C1O. The largest absolute Gasteiger partial charge is 0.386 e. The van der Waals surface area contributed by atoms with Crippen LogP contribution in [0.15, 0.2) is 12.2 Å². The van der Waals surface area contributed by atoms with E-state index >= 15 is 0 Å². The summed E-state index contributed by atoms with van der Waals surface area (Å²) in [6.45, 7) is 3.76. The Balaban J connectivity index is 2.51. The first kappa shape index (κ1) is 7.76. The average molecular weight is 142 g/mol. The van der Waals surface area contributed by atoms with Gasteiger partial charge in [-0.05, 0) is 24.8 Å². The Morgan fingerprint density at radius 1 is 1.70 bits per heavy atom. The third-order valence-corrected chi connectivity index (χ3v) is 2.06. The van der Waals surface area contributed by atoms with Gasteiger partial charge in [-0.15, -0.1) is 0 Å². The quantitative estimate of drug-likeness (QED) is 0.555. The molecule has 2 heteroatoms. The van der Waals surface area contributed by atoms with Crippen LogP contribution in [0.3, 0.4) is 0 Å². The molecule has 1 fully saturated rings. The van der Waals surface area contributed by atoms with Crippen LogP contribution in [0.4, 0.5) is 0 Å². The minimum absolute atomic E-state index is 0.0127. The molecule has 0 aromatic rings. The van der Waals surface area contributed by atoms with Crippen molar-refractivity contribution in [2.75, 3.05) is 7.11 Å². The van der Waals surface area contributed by atoms with E-state index in [-0.39, 0.29) is 6.10 Å². The van der Waals surface area contributed by atoms with Crippen molar-refractivity contribution in [3.63, 3.8) is 0 Å². The Labute approximate surface area is 61.5 Å². The molecule has 10 heavy (non-hydrogen) atoms. The number of ether oxygens (including phenoxy) is 1. The Bertz CT molecular complexity index is 131. The number of hydrogen-bond acceptors (Lipinski definition) is 2. The highest BCUT2D eigenvalue weighted by molar-refractivity contribution is 5.07. The molecule has 0 spiro atoms. The predicted octanol–water partition coefficient (Wildman–Crippen LogP) is 1.10. The summed E-state index contributed by atoms with van der Waals surface area (Å²) in [7, 11) is 1.63. The molecule has 2 nitrogen and oxygen atoms in total. The zero-order chi connectivity index (χ0) is 7.56. The van der Waals surface area contributed by atoms with Gasteiger partial charge in [-0.2, -0.15) is 0 Å². The molecular weight excluding hydrogens is 128 g/mol. The molecule has 58 valence electrons. The molecule has 0 bridgehead atoms. The van der Waals surface area contributed by atoms with E-state index in [1.54, 1.807) is 7.11 Å². The van der Waals surface area contributed by atoms with Gasteiger partial charge < -0.3 is 9.84 Å². The molecule has 1 aliphatic carbocycles. The lowest BCUT2D eigenvalue weighted by atomic mass is 9.91. The van der Waals surface area contributed by atoms with Crippen molar-refractivity contribution >= 4 is 0 Å². The van der Waals surface area contributed by atoms with Crippen molar-refractivity contribution in [3.05, 3.63) is 12.2 Å². The molecule has 2 atom stereocenters. The van der Waals surface area contributed by atoms with Gasteiger partial charge in [0, 0.05) is 7.11 Å².